The van der Waals surface area contributed by atoms with E-state index in [9.17, 15) is 9.18 Å². The van der Waals surface area contributed by atoms with E-state index in [4.69, 9.17) is 10.2 Å². The van der Waals surface area contributed by atoms with Crippen molar-refractivity contribution in [3.8, 4) is 5.75 Å². The number of hydrogen-bond acceptors (Lipinski definition) is 2. The summed E-state index contributed by atoms with van der Waals surface area (Å²) in [6.07, 6.45) is 0.180. The summed E-state index contributed by atoms with van der Waals surface area (Å²) in [6.45, 7) is 1.04. The van der Waals surface area contributed by atoms with E-state index >= 15 is 0 Å². The summed E-state index contributed by atoms with van der Waals surface area (Å²) >= 11 is 0. The molecular formula is C11H13FO3. The van der Waals surface area contributed by atoms with Crippen molar-refractivity contribution in [3.63, 3.8) is 0 Å². The van der Waals surface area contributed by atoms with Crippen molar-refractivity contribution >= 4 is 5.97 Å². The van der Waals surface area contributed by atoms with Crippen LogP contribution in [-0.2, 0) is 11.2 Å². The van der Waals surface area contributed by atoms with Crippen LogP contribution >= 0.6 is 0 Å². The van der Waals surface area contributed by atoms with Gasteiger partial charge in [-0.15, -0.1) is 0 Å². The standard InChI is InChI=1S/C11H13FO3/c1-11(12,10(14)15)6-5-8-3-2-4-9(13)7-8/h2-4,7,13H,5-6H2,1H3,(H,14,15). The minimum atomic E-state index is -2.22. The molecule has 0 saturated carbocycles. The predicted molar refractivity (Wildman–Crippen MR) is 53.6 cm³/mol. The van der Waals surface area contributed by atoms with Crippen molar-refractivity contribution in [1.82, 2.24) is 0 Å². The molecule has 0 spiro atoms. The number of alkyl halides is 1. The Hall–Kier alpha value is -1.58. The predicted octanol–water partition coefficient (Wildman–Crippen LogP) is 2.14. The minimum absolute atomic E-state index is 0.100. The molecule has 1 atom stereocenters. The molecule has 1 unspecified atom stereocenters. The number of phenols is 1. The number of carboxylic acid groups (broad SMARTS) is 1. The van der Waals surface area contributed by atoms with Crippen LogP contribution in [0.5, 0.6) is 5.75 Å². The van der Waals surface area contributed by atoms with Crippen molar-refractivity contribution in [2.45, 2.75) is 25.4 Å². The van der Waals surface area contributed by atoms with Crippen LogP contribution < -0.4 is 0 Å². The molecule has 0 fully saturated rings. The molecule has 15 heavy (non-hydrogen) atoms. The lowest BCUT2D eigenvalue weighted by Crippen LogP contribution is -2.30. The fourth-order valence-corrected chi connectivity index (χ4v) is 1.20. The van der Waals surface area contributed by atoms with Crippen LogP contribution in [0, 0.1) is 0 Å². The monoisotopic (exact) mass is 212 g/mol. The first-order valence-electron chi connectivity index (χ1n) is 4.62. The Morgan fingerprint density at radius 3 is 2.73 bits per heavy atom. The second-order valence-corrected chi connectivity index (χ2v) is 3.67. The van der Waals surface area contributed by atoms with Gasteiger partial charge in [0.05, 0.1) is 0 Å². The molecule has 0 aliphatic rings. The van der Waals surface area contributed by atoms with Gasteiger partial charge in [0.15, 0.2) is 0 Å². The Balaban J connectivity index is 2.61. The van der Waals surface area contributed by atoms with Gasteiger partial charge < -0.3 is 10.2 Å². The smallest absolute Gasteiger partial charge is 0.341 e. The first kappa shape index (κ1) is 11.5. The molecule has 1 aromatic carbocycles. The number of phenolic OH excluding ortho intramolecular Hbond substituents is 1. The van der Waals surface area contributed by atoms with Crippen LogP contribution in [0.2, 0.25) is 0 Å². The van der Waals surface area contributed by atoms with Crippen molar-refractivity contribution in [2.24, 2.45) is 0 Å². The van der Waals surface area contributed by atoms with Gasteiger partial charge in [-0.2, -0.15) is 0 Å². The van der Waals surface area contributed by atoms with Crippen LogP contribution in [0.4, 0.5) is 4.39 Å². The number of rotatable bonds is 4. The Labute approximate surface area is 87.2 Å². The molecule has 0 aromatic heterocycles. The minimum Gasteiger partial charge on any atom is -0.508 e. The Bertz CT molecular complexity index is 361. The third-order valence-corrected chi connectivity index (χ3v) is 2.24. The number of hydrogen-bond donors (Lipinski definition) is 2. The van der Waals surface area contributed by atoms with Crippen molar-refractivity contribution in [2.75, 3.05) is 0 Å². The van der Waals surface area contributed by atoms with Gasteiger partial charge in [-0.1, -0.05) is 12.1 Å². The van der Waals surface area contributed by atoms with Gasteiger partial charge in [-0.25, -0.2) is 9.18 Å². The van der Waals surface area contributed by atoms with Gasteiger partial charge in [-0.05, 0) is 37.5 Å². The van der Waals surface area contributed by atoms with E-state index in [2.05, 4.69) is 0 Å². The molecule has 1 aromatic rings. The maximum atomic E-state index is 13.3. The summed E-state index contributed by atoms with van der Waals surface area (Å²) in [6, 6.07) is 6.37. The van der Waals surface area contributed by atoms with Crippen LogP contribution in [0.1, 0.15) is 18.9 Å². The van der Waals surface area contributed by atoms with Gasteiger partial charge >= 0.3 is 5.97 Å². The zero-order chi connectivity index (χ0) is 11.5. The molecule has 0 aliphatic heterocycles. The molecule has 0 bridgehead atoms. The maximum absolute atomic E-state index is 13.3. The summed E-state index contributed by atoms with van der Waals surface area (Å²) in [5.74, 6) is -1.36. The number of halogens is 1. The molecule has 3 nitrogen and oxygen atoms in total. The van der Waals surface area contributed by atoms with Crippen LogP contribution in [0.15, 0.2) is 24.3 Å². The SMILES string of the molecule is CC(F)(CCc1cccc(O)c1)C(=O)O. The highest BCUT2D eigenvalue weighted by molar-refractivity contribution is 5.76. The fourth-order valence-electron chi connectivity index (χ4n) is 1.20. The van der Waals surface area contributed by atoms with Gasteiger partial charge in [-0.3, -0.25) is 0 Å². The molecule has 1 rings (SSSR count). The van der Waals surface area contributed by atoms with Gasteiger partial charge in [0, 0.05) is 0 Å². The molecular weight excluding hydrogens is 199 g/mol. The van der Waals surface area contributed by atoms with E-state index in [0.717, 1.165) is 12.5 Å². The second-order valence-electron chi connectivity index (χ2n) is 3.67. The largest absolute Gasteiger partial charge is 0.508 e. The Morgan fingerprint density at radius 1 is 1.53 bits per heavy atom. The van der Waals surface area contributed by atoms with E-state index in [0.29, 0.717) is 0 Å². The highest BCUT2D eigenvalue weighted by atomic mass is 19.1. The third-order valence-electron chi connectivity index (χ3n) is 2.24. The number of aromatic hydroxyl groups is 1. The number of aliphatic carboxylic acids is 1. The van der Waals surface area contributed by atoms with Gasteiger partial charge in [0.1, 0.15) is 5.75 Å². The van der Waals surface area contributed by atoms with E-state index in [1.54, 1.807) is 12.1 Å². The summed E-state index contributed by atoms with van der Waals surface area (Å²) in [5.41, 5.74) is -1.49. The van der Waals surface area contributed by atoms with E-state index in [1.807, 2.05) is 0 Å². The summed E-state index contributed by atoms with van der Waals surface area (Å²) in [4.78, 5) is 10.5. The lowest BCUT2D eigenvalue weighted by atomic mass is 9.98. The summed E-state index contributed by atoms with van der Waals surface area (Å²) in [5, 5.41) is 17.7. The van der Waals surface area contributed by atoms with E-state index in [1.165, 1.54) is 12.1 Å². The average molecular weight is 212 g/mol. The van der Waals surface area contributed by atoms with E-state index in [-0.39, 0.29) is 18.6 Å². The lowest BCUT2D eigenvalue weighted by molar-refractivity contribution is -0.150. The molecule has 2 N–H and O–H groups in total. The van der Waals surface area contributed by atoms with Crippen molar-refractivity contribution in [1.29, 1.82) is 0 Å². The maximum Gasteiger partial charge on any atom is 0.341 e. The van der Waals surface area contributed by atoms with Gasteiger partial charge in [0.25, 0.3) is 0 Å². The fraction of sp³-hybridized carbons (Fsp3) is 0.364. The third kappa shape index (κ3) is 3.23. The van der Waals surface area contributed by atoms with Crippen molar-refractivity contribution < 1.29 is 19.4 Å². The number of benzene rings is 1. The molecule has 0 amide bonds. The van der Waals surface area contributed by atoms with Gasteiger partial charge in [0.2, 0.25) is 5.67 Å². The molecule has 82 valence electrons. The first-order chi connectivity index (χ1) is 6.92. The summed E-state index contributed by atoms with van der Waals surface area (Å²) < 4.78 is 13.3. The average Bonchev–Trinajstić information content (AvgIpc) is 2.15. The van der Waals surface area contributed by atoms with Crippen molar-refractivity contribution in [3.05, 3.63) is 29.8 Å². The first-order valence-corrected chi connectivity index (χ1v) is 4.62. The molecule has 4 heteroatoms. The second kappa shape index (κ2) is 4.29. The Kier molecular flexibility index (Phi) is 3.29. The van der Waals surface area contributed by atoms with Crippen LogP contribution in [-0.4, -0.2) is 21.9 Å². The topological polar surface area (TPSA) is 57.5 Å². The zero-order valence-electron chi connectivity index (χ0n) is 8.40. The highest BCUT2D eigenvalue weighted by Gasteiger charge is 2.31. The quantitative estimate of drug-likeness (QED) is 0.803. The number of carbonyl (C=O) groups is 1. The molecule has 0 heterocycles. The normalized spacial score (nSPS) is 14.5. The zero-order valence-corrected chi connectivity index (χ0v) is 8.40. The molecule has 0 radical (unpaired) electrons. The molecule has 0 aliphatic carbocycles. The number of carboxylic acids is 1. The van der Waals surface area contributed by atoms with Crippen LogP contribution in [0.25, 0.3) is 0 Å². The van der Waals surface area contributed by atoms with E-state index < -0.39 is 11.6 Å². The number of aryl methyl sites for hydroxylation is 1. The Morgan fingerprint density at radius 2 is 2.20 bits per heavy atom. The highest BCUT2D eigenvalue weighted by Crippen LogP contribution is 2.20. The molecule has 0 saturated heterocycles. The lowest BCUT2D eigenvalue weighted by Gasteiger charge is -2.14. The summed E-state index contributed by atoms with van der Waals surface area (Å²) in [7, 11) is 0. The van der Waals surface area contributed by atoms with Crippen LogP contribution in [0.3, 0.4) is 0 Å².